The van der Waals surface area contributed by atoms with E-state index in [1.165, 1.54) is 11.0 Å². The number of ether oxygens (including phenoxy) is 1. The molecule has 1 N–H and O–H groups in total. The summed E-state index contributed by atoms with van der Waals surface area (Å²) in [7, 11) is 0. The summed E-state index contributed by atoms with van der Waals surface area (Å²) in [6.45, 7) is 6.20. The molecule has 0 aromatic heterocycles. The van der Waals surface area contributed by atoms with Gasteiger partial charge in [0, 0.05) is 44.6 Å². The number of carbonyl (C=O) groups excluding carboxylic acids is 2. The van der Waals surface area contributed by atoms with Gasteiger partial charge in [-0.05, 0) is 63.3 Å². The van der Waals surface area contributed by atoms with Gasteiger partial charge in [0.1, 0.15) is 5.60 Å². The van der Waals surface area contributed by atoms with Crippen LogP contribution in [0.3, 0.4) is 0 Å². The smallest absolute Gasteiger partial charge is 0.410 e. The highest BCUT2D eigenvalue weighted by molar-refractivity contribution is 5.98. The molecule has 0 bridgehead atoms. The van der Waals surface area contributed by atoms with Crippen LogP contribution in [0.2, 0.25) is 0 Å². The van der Waals surface area contributed by atoms with Crippen molar-refractivity contribution < 1.29 is 33.0 Å². The summed E-state index contributed by atoms with van der Waals surface area (Å²) < 4.78 is 32.3. The molecule has 2 amide bonds. The van der Waals surface area contributed by atoms with Crippen molar-refractivity contribution in [3.63, 3.8) is 0 Å². The Labute approximate surface area is 186 Å². The lowest BCUT2D eigenvalue weighted by atomic mass is 9.87. The van der Waals surface area contributed by atoms with Crippen LogP contribution in [0.5, 0.6) is 0 Å². The number of carboxylic acids is 1. The van der Waals surface area contributed by atoms with Crippen LogP contribution in [0.1, 0.15) is 78.7 Å². The summed E-state index contributed by atoms with van der Waals surface area (Å²) >= 11 is 0. The van der Waals surface area contributed by atoms with Crippen molar-refractivity contribution in [2.75, 3.05) is 26.2 Å². The average Bonchev–Trinajstić information content (AvgIpc) is 2.72. The predicted molar refractivity (Wildman–Crippen MR) is 113 cm³/mol. The van der Waals surface area contributed by atoms with Gasteiger partial charge in [0.25, 0.3) is 11.8 Å². The maximum atomic E-state index is 13.4. The number of amides is 2. The fourth-order valence-corrected chi connectivity index (χ4v) is 4.08. The van der Waals surface area contributed by atoms with E-state index in [0.29, 0.717) is 31.5 Å². The molecule has 7 nitrogen and oxygen atoms in total. The Kier molecular flexibility index (Phi) is 6.76. The third-order valence-corrected chi connectivity index (χ3v) is 5.85. The first-order valence-corrected chi connectivity index (χ1v) is 10.9. The van der Waals surface area contributed by atoms with Crippen LogP contribution < -0.4 is 0 Å². The lowest BCUT2D eigenvalue weighted by Gasteiger charge is -2.34. The molecule has 0 spiro atoms. The molecule has 2 heterocycles. The third kappa shape index (κ3) is 5.95. The van der Waals surface area contributed by atoms with Gasteiger partial charge in [0.15, 0.2) is 0 Å². The number of aromatic carboxylic acids is 1. The number of halogens is 2. The molecule has 32 heavy (non-hydrogen) atoms. The third-order valence-electron chi connectivity index (χ3n) is 5.85. The highest BCUT2D eigenvalue weighted by atomic mass is 19.3. The van der Waals surface area contributed by atoms with Gasteiger partial charge in [-0.15, -0.1) is 0 Å². The first kappa shape index (κ1) is 23.9. The highest BCUT2D eigenvalue weighted by Gasteiger charge is 2.36. The van der Waals surface area contributed by atoms with E-state index in [4.69, 9.17) is 4.74 Å². The lowest BCUT2D eigenvalue weighted by Crippen LogP contribution is -2.43. The second-order valence-corrected chi connectivity index (χ2v) is 9.54. The minimum absolute atomic E-state index is 0.0113. The molecule has 2 aliphatic rings. The largest absolute Gasteiger partial charge is 0.478 e. The number of hydrogen-bond donors (Lipinski definition) is 1. The van der Waals surface area contributed by atoms with E-state index in [-0.39, 0.29) is 36.2 Å². The quantitative estimate of drug-likeness (QED) is 0.736. The van der Waals surface area contributed by atoms with Crippen LogP contribution in [0, 0.1) is 0 Å². The molecule has 2 aliphatic heterocycles. The zero-order valence-electron chi connectivity index (χ0n) is 18.7. The number of likely N-dealkylation sites (tertiary alicyclic amines) is 2. The van der Waals surface area contributed by atoms with E-state index in [1.807, 2.05) is 0 Å². The summed E-state index contributed by atoms with van der Waals surface area (Å²) in [6, 6.07) is 4.52. The molecule has 0 atom stereocenters. The SMILES string of the molecule is CC(C)(C)OC(=O)N1CCC(c2cc(C(=O)O)cc(C(=O)N3CCC(F)(F)CC3)c2)CC1. The Bertz CT molecular complexity index is 879. The van der Waals surface area contributed by atoms with Crippen LogP contribution in [0.25, 0.3) is 0 Å². The summed E-state index contributed by atoms with van der Waals surface area (Å²) in [5.41, 5.74) is 0.305. The summed E-state index contributed by atoms with van der Waals surface area (Å²) in [6.07, 6.45) is 0.0337. The van der Waals surface area contributed by atoms with Crippen molar-refractivity contribution in [1.82, 2.24) is 9.80 Å². The summed E-state index contributed by atoms with van der Waals surface area (Å²) in [5, 5.41) is 9.52. The van der Waals surface area contributed by atoms with E-state index in [9.17, 15) is 28.3 Å². The second kappa shape index (κ2) is 9.03. The lowest BCUT2D eigenvalue weighted by molar-refractivity contribution is -0.0494. The number of nitrogens with zero attached hydrogens (tertiary/aromatic N) is 2. The monoisotopic (exact) mass is 452 g/mol. The highest BCUT2D eigenvalue weighted by Crippen LogP contribution is 2.32. The molecule has 2 saturated heterocycles. The molecule has 0 unspecified atom stereocenters. The van der Waals surface area contributed by atoms with Gasteiger partial charge in [-0.1, -0.05) is 0 Å². The molecule has 1 aromatic carbocycles. The van der Waals surface area contributed by atoms with Crippen LogP contribution in [-0.4, -0.2) is 70.6 Å². The molecule has 176 valence electrons. The molecule has 0 aliphatic carbocycles. The van der Waals surface area contributed by atoms with Crippen LogP contribution in [0.4, 0.5) is 13.6 Å². The first-order valence-electron chi connectivity index (χ1n) is 10.9. The Morgan fingerprint density at radius 3 is 2.06 bits per heavy atom. The fourth-order valence-electron chi connectivity index (χ4n) is 4.08. The fraction of sp³-hybridized carbons (Fsp3) is 0.609. The topological polar surface area (TPSA) is 87.1 Å². The van der Waals surface area contributed by atoms with Gasteiger partial charge in [-0.3, -0.25) is 4.79 Å². The Hall–Kier alpha value is -2.71. The molecule has 2 fully saturated rings. The molecule has 0 radical (unpaired) electrons. The van der Waals surface area contributed by atoms with Crippen molar-refractivity contribution in [2.45, 2.75) is 63.9 Å². The van der Waals surface area contributed by atoms with Crippen molar-refractivity contribution in [3.05, 3.63) is 34.9 Å². The minimum atomic E-state index is -2.77. The van der Waals surface area contributed by atoms with Crippen molar-refractivity contribution in [2.24, 2.45) is 0 Å². The zero-order chi connectivity index (χ0) is 23.7. The Morgan fingerprint density at radius 2 is 1.53 bits per heavy atom. The molecular formula is C23H30F2N2O5. The number of alkyl halides is 2. The second-order valence-electron chi connectivity index (χ2n) is 9.54. The summed E-state index contributed by atoms with van der Waals surface area (Å²) in [4.78, 5) is 39.8. The normalized spacial score (nSPS) is 19.5. The number of piperidine rings is 2. The predicted octanol–water partition coefficient (Wildman–Crippen LogP) is 4.37. The van der Waals surface area contributed by atoms with E-state index in [1.54, 1.807) is 37.8 Å². The average molecular weight is 452 g/mol. The Morgan fingerprint density at radius 1 is 0.969 bits per heavy atom. The van der Waals surface area contributed by atoms with Crippen LogP contribution in [-0.2, 0) is 4.74 Å². The van der Waals surface area contributed by atoms with Crippen molar-refractivity contribution >= 4 is 18.0 Å². The first-order chi connectivity index (χ1) is 14.8. The van der Waals surface area contributed by atoms with Gasteiger partial charge in [-0.25, -0.2) is 18.4 Å². The molecule has 1 aromatic rings. The van der Waals surface area contributed by atoms with Gasteiger partial charge in [0.2, 0.25) is 0 Å². The van der Waals surface area contributed by atoms with Crippen molar-refractivity contribution in [3.8, 4) is 0 Å². The number of benzene rings is 1. The van der Waals surface area contributed by atoms with Gasteiger partial charge >= 0.3 is 12.1 Å². The van der Waals surface area contributed by atoms with E-state index in [0.717, 1.165) is 0 Å². The number of carbonyl (C=O) groups is 3. The van der Waals surface area contributed by atoms with Crippen LogP contribution >= 0.6 is 0 Å². The van der Waals surface area contributed by atoms with Gasteiger partial charge < -0.3 is 19.6 Å². The zero-order valence-corrected chi connectivity index (χ0v) is 18.7. The van der Waals surface area contributed by atoms with E-state index in [2.05, 4.69) is 0 Å². The number of carboxylic acid groups (broad SMARTS) is 1. The maximum absolute atomic E-state index is 13.4. The Balaban J connectivity index is 1.74. The summed E-state index contributed by atoms with van der Waals surface area (Å²) in [5.74, 6) is -4.38. The van der Waals surface area contributed by atoms with Gasteiger partial charge in [-0.2, -0.15) is 0 Å². The molecule has 9 heteroatoms. The van der Waals surface area contributed by atoms with E-state index < -0.39 is 36.2 Å². The molecule has 0 saturated carbocycles. The number of rotatable bonds is 3. The van der Waals surface area contributed by atoms with Crippen LogP contribution in [0.15, 0.2) is 18.2 Å². The van der Waals surface area contributed by atoms with Crippen molar-refractivity contribution in [1.29, 1.82) is 0 Å². The molecular weight excluding hydrogens is 422 g/mol. The maximum Gasteiger partial charge on any atom is 0.410 e. The molecule has 3 rings (SSSR count). The number of hydrogen-bond acceptors (Lipinski definition) is 4. The standard InChI is InChI=1S/C23H30F2N2O5/c1-22(2,3)32-21(31)27-8-4-15(5-9-27)16-12-17(14-18(13-16)20(29)30)19(28)26-10-6-23(24,25)7-11-26/h12-15H,4-11H2,1-3H3,(H,29,30). The van der Waals surface area contributed by atoms with Gasteiger partial charge in [0.05, 0.1) is 5.56 Å². The minimum Gasteiger partial charge on any atom is -0.478 e. The van der Waals surface area contributed by atoms with E-state index >= 15 is 0 Å².